The lowest BCUT2D eigenvalue weighted by Gasteiger charge is -2.24. The second-order valence-electron chi connectivity index (χ2n) is 14.8. The van der Waals surface area contributed by atoms with Crippen LogP contribution in [0.25, 0.3) is 68.8 Å². The Morgan fingerprint density at radius 1 is 0.500 bits per heavy atom. The topological polar surface area (TPSA) is 59.5 Å². The summed E-state index contributed by atoms with van der Waals surface area (Å²) < 4.78 is 2.52. The summed E-state index contributed by atoms with van der Waals surface area (Å²) in [6.45, 7) is 16.0. The highest BCUT2D eigenvalue weighted by Crippen LogP contribution is 2.44. The molecule has 0 spiro atoms. The Morgan fingerprint density at radius 3 is 1.50 bits per heavy atom. The molecule has 0 saturated heterocycles. The largest absolute Gasteiger partial charge is 0.374 e. The van der Waals surface area contributed by atoms with E-state index < -0.39 is 0 Å². The average molecular weight is 739 g/mol. The number of nitrogens with one attached hydrogen (secondary N) is 1. The third-order valence-corrected chi connectivity index (χ3v) is 11.4. The van der Waals surface area contributed by atoms with E-state index in [0.717, 1.165) is 108 Å². The van der Waals surface area contributed by atoms with Crippen molar-refractivity contribution in [3.05, 3.63) is 143 Å². The third kappa shape index (κ3) is 6.70. The number of hydrogen-bond acceptors (Lipinski definition) is 6. The van der Waals surface area contributed by atoms with Gasteiger partial charge in [-0.15, -0.1) is 0 Å². The van der Waals surface area contributed by atoms with E-state index in [0.29, 0.717) is 0 Å². The highest BCUT2D eigenvalue weighted by atomic mass is 15.1. The van der Waals surface area contributed by atoms with Crippen molar-refractivity contribution in [2.24, 2.45) is 0 Å². The molecule has 0 radical (unpaired) electrons. The molecular weight excluding hydrogens is 689 g/mol. The van der Waals surface area contributed by atoms with Crippen LogP contribution in [0.1, 0.15) is 67.2 Å². The van der Waals surface area contributed by atoms with Crippen LogP contribution in [0.15, 0.2) is 104 Å². The van der Waals surface area contributed by atoms with E-state index >= 15 is 0 Å². The van der Waals surface area contributed by atoms with Crippen LogP contribution in [-0.4, -0.2) is 91.5 Å². The molecule has 0 fully saturated rings. The van der Waals surface area contributed by atoms with Gasteiger partial charge in [0, 0.05) is 92.0 Å². The molecular formula is C48H50N8. The number of hydrogen-bond donors (Lipinski definition) is 1. The molecule has 282 valence electrons. The third-order valence-electron chi connectivity index (χ3n) is 11.4. The van der Waals surface area contributed by atoms with Gasteiger partial charge in [0.25, 0.3) is 0 Å². The molecule has 8 bridgehead atoms. The van der Waals surface area contributed by atoms with Crippen molar-refractivity contribution in [2.75, 3.05) is 52.4 Å². The standard InChI is InChI=1S/C48H50N8/c1-5-52-23-15-34(16-24-52)45-43-14-13-40(51-43)32-39-10-9-37(49-39)31-38-11-12-41(50-38)33-44-46(35-17-25-53(6-2)26-18-35)47(36-19-27-54(7-3)28-20-36)48(45)56(44)42-21-29-55(8-4)30-22-42/h9-23,25,27,29,31-33,49H,5-8,24,26,28,30H2,1-4H3. The van der Waals surface area contributed by atoms with E-state index in [-0.39, 0.29) is 0 Å². The molecule has 0 saturated carbocycles. The number of nitrogens with zero attached hydrogens (tertiary/aromatic N) is 7. The average Bonchev–Trinajstić information content (AvgIpc) is 4.06. The Hall–Kier alpha value is -6.28. The van der Waals surface area contributed by atoms with Gasteiger partial charge in [-0.3, -0.25) is 0 Å². The Morgan fingerprint density at radius 2 is 0.982 bits per heavy atom. The molecule has 56 heavy (non-hydrogen) atoms. The van der Waals surface area contributed by atoms with Crippen molar-refractivity contribution in [3.8, 4) is 0 Å². The first-order valence-electron chi connectivity index (χ1n) is 20.2. The van der Waals surface area contributed by atoms with Gasteiger partial charge in [-0.2, -0.15) is 0 Å². The summed E-state index contributed by atoms with van der Waals surface area (Å²) in [5, 5.41) is 0. The number of H-pyrrole nitrogens is 1. The van der Waals surface area contributed by atoms with Crippen LogP contribution in [0, 0.1) is 0 Å². The lowest BCUT2D eigenvalue weighted by atomic mass is 9.90. The number of likely N-dealkylation sites (N-methyl/N-ethyl adjacent to an activating group) is 4. The summed E-state index contributed by atoms with van der Waals surface area (Å²) in [5.74, 6) is 0. The molecule has 8 heteroatoms. The van der Waals surface area contributed by atoms with Gasteiger partial charge < -0.3 is 29.2 Å². The first kappa shape index (κ1) is 35.4. The van der Waals surface area contributed by atoms with Crippen LogP contribution in [0.4, 0.5) is 0 Å². The number of rotatable bonds is 8. The van der Waals surface area contributed by atoms with Gasteiger partial charge in [0.05, 0.1) is 33.8 Å². The Kier molecular flexibility index (Phi) is 9.55. The summed E-state index contributed by atoms with van der Waals surface area (Å²) in [6.07, 6.45) is 36.4. The quantitative estimate of drug-likeness (QED) is 0.171. The highest BCUT2D eigenvalue weighted by molar-refractivity contribution is 6.08. The molecule has 3 aromatic rings. The van der Waals surface area contributed by atoms with Crippen LogP contribution in [0.3, 0.4) is 0 Å². The molecule has 0 aromatic carbocycles. The summed E-state index contributed by atoms with van der Waals surface area (Å²) in [5.41, 5.74) is 16.2. The van der Waals surface area contributed by atoms with Crippen LogP contribution in [0.5, 0.6) is 0 Å². The normalized spacial score (nSPS) is 17.5. The van der Waals surface area contributed by atoms with Gasteiger partial charge in [-0.25, -0.2) is 9.97 Å². The minimum atomic E-state index is 0.828. The summed E-state index contributed by atoms with van der Waals surface area (Å²) >= 11 is 0. The van der Waals surface area contributed by atoms with Crippen LogP contribution < -0.4 is 0 Å². The maximum atomic E-state index is 5.43. The molecule has 0 unspecified atom stereocenters. The van der Waals surface area contributed by atoms with Crippen molar-refractivity contribution < 1.29 is 0 Å². The van der Waals surface area contributed by atoms with E-state index in [1.165, 1.54) is 27.8 Å². The van der Waals surface area contributed by atoms with Crippen LogP contribution in [0.2, 0.25) is 0 Å². The second-order valence-corrected chi connectivity index (χ2v) is 14.8. The number of allylic oxidation sites excluding steroid dienone is 8. The van der Waals surface area contributed by atoms with Gasteiger partial charge in [0.2, 0.25) is 0 Å². The molecule has 0 amide bonds. The summed E-state index contributed by atoms with van der Waals surface area (Å²) in [4.78, 5) is 23.6. The van der Waals surface area contributed by atoms with Gasteiger partial charge in [0.1, 0.15) is 0 Å². The van der Waals surface area contributed by atoms with Gasteiger partial charge >= 0.3 is 0 Å². The predicted octanol–water partition coefficient (Wildman–Crippen LogP) is 9.52. The lowest BCUT2D eigenvalue weighted by Crippen LogP contribution is -2.20. The second kappa shape index (κ2) is 15.1. The zero-order valence-electron chi connectivity index (χ0n) is 32.9. The molecule has 0 aliphatic carbocycles. The van der Waals surface area contributed by atoms with Crippen molar-refractivity contribution in [1.29, 1.82) is 0 Å². The van der Waals surface area contributed by atoms with Crippen molar-refractivity contribution >= 4 is 68.8 Å². The van der Waals surface area contributed by atoms with E-state index in [1.54, 1.807) is 0 Å². The summed E-state index contributed by atoms with van der Waals surface area (Å²) in [6, 6.07) is 10.8. The first-order chi connectivity index (χ1) is 27.5. The fraction of sp³-hybridized carbons (Fsp3) is 0.250. The molecule has 3 aromatic heterocycles. The smallest absolute Gasteiger partial charge is 0.0737 e. The van der Waals surface area contributed by atoms with Gasteiger partial charge in [-0.05, 0) is 148 Å². The predicted molar refractivity (Wildman–Crippen MR) is 236 cm³/mol. The van der Waals surface area contributed by atoms with E-state index in [9.17, 15) is 0 Å². The van der Waals surface area contributed by atoms with Crippen molar-refractivity contribution in [3.63, 3.8) is 0 Å². The fourth-order valence-corrected chi connectivity index (χ4v) is 8.19. The zero-order valence-corrected chi connectivity index (χ0v) is 32.9. The van der Waals surface area contributed by atoms with Gasteiger partial charge in [-0.1, -0.05) is 18.2 Å². The Labute approximate surface area is 330 Å². The number of fused-ring (bicyclic) bond motifs is 8. The minimum Gasteiger partial charge on any atom is -0.374 e. The van der Waals surface area contributed by atoms with Crippen LogP contribution >= 0.6 is 0 Å². The monoisotopic (exact) mass is 738 g/mol. The molecule has 6 aliphatic heterocycles. The maximum Gasteiger partial charge on any atom is 0.0737 e. The molecule has 0 atom stereocenters. The van der Waals surface area contributed by atoms with Crippen LogP contribution in [-0.2, 0) is 0 Å². The molecule has 1 N–H and O–H groups in total. The van der Waals surface area contributed by atoms with Gasteiger partial charge in [0.15, 0.2) is 0 Å². The highest BCUT2D eigenvalue weighted by Gasteiger charge is 2.29. The SMILES string of the molecule is CCN1C=CC(c2c(C3=CCN(CC)C=C3)c3c(C4=CCN(CC)C=C4)c4nc(cc5ccc(cc6nc(cc2n3C2=CCN(CC)C=C2)C=C6)[nH]5)C=C4)=CC1. The van der Waals surface area contributed by atoms with Crippen molar-refractivity contribution in [2.45, 2.75) is 27.7 Å². The van der Waals surface area contributed by atoms with E-state index in [1.807, 2.05) is 0 Å². The minimum absolute atomic E-state index is 0.828. The lowest BCUT2D eigenvalue weighted by molar-refractivity contribution is 0.436. The number of aromatic nitrogens is 4. The number of aromatic amines is 1. The van der Waals surface area contributed by atoms with E-state index in [4.69, 9.17) is 9.97 Å². The molecule has 9 rings (SSSR count). The molecule has 9 heterocycles. The van der Waals surface area contributed by atoms with Crippen molar-refractivity contribution in [1.82, 2.24) is 39.1 Å². The first-order valence-corrected chi connectivity index (χ1v) is 20.2. The molecule has 8 nitrogen and oxygen atoms in total. The Balaban J connectivity index is 1.51. The zero-order chi connectivity index (χ0) is 38.2. The summed E-state index contributed by atoms with van der Waals surface area (Å²) in [7, 11) is 0. The molecule has 6 aliphatic rings. The Bertz CT molecular complexity index is 2560. The fourth-order valence-electron chi connectivity index (χ4n) is 8.19. The van der Waals surface area contributed by atoms with E-state index in [2.05, 4.69) is 185 Å². The maximum absolute atomic E-state index is 5.43.